The van der Waals surface area contributed by atoms with Crippen LogP contribution in [-0.2, 0) is 26.2 Å². The van der Waals surface area contributed by atoms with Crippen molar-refractivity contribution in [1.29, 1.82) is 0 Å². The Labute approximate surface area is 216 Å². The van der Waals surface area contributed by atoms with Gasteiger partial charge in [0.1, 0.15) is 6.04 Å². The lowest BCUT2D eigenvalue weighted by Gasteiger charge is -2.32. The molecule has 2 atom stereocenters. The van der Waals surface area contributed by atoms with Crippen LogP contribution in [0.4, 0.5) is 5.69 Å². The number of nitrogens with zero attached hydrogens (tertiary/aromatic N) is 2. The predicted molar refractivity (Wildman–Crippen MR) is 146 cm³/mol. The van der Waals surface area contributed by atoms with E-state index in [-0.39, 0.29) is 30.8 Å². The van der Waals surface area contributed by atoms with Crippen molar-refractivity contribution in [3.8, 4) is 0 Å². The third kappa shape index (κ3) is 8.08. The summed E-state index contributed by atoms with van der Waals surface area (Å²) in [5, 5.41) is 3.01. The highest BCUT2D eigenvalue weighted by molar-refractivity contribution is 7.92. The summed E-state index contributed by atoms with van der Waals surface area (Å²) >= 11 is 0. The van der Waals surface area contributed by atoms with E-state index < -0.39 is 16.1 Å². The second-order valence-electron chi connectivity index (χ2n) is 9.41. The molecular formula is C28H41N3O4S. The monoisotopic (exact) mass is 515 g/mol. The first-order chi connectivity index (χ1) is 17.0. The first-order valence-electron chi connectivity index (χ1n) is 12.7. The first kappa shape index (κ1) is 29.4. The number of rotatable bonds is 13. The molecule has 7 nitrogen and oxygen atoms in total. The van der Waals surface area contributed by atoms with Gasteiger partial charge in [-0.2, -0.15) is 0 Å². The van der Waals surface area contributed by atoms with E-state index in [1.165, 1.54) is 10.6 Å². The number of nitrogens with one attached hydrogen (secondary N) is 1. The Morgan fingerprint density at radius 1 is 0.972 bits per heavy atom. The molecule has 1 N–H and O–H groups in total. The van der Waals surface area contributed by atoms with Gasteiger partial charge in [-0.15, -0.1) is 0 Å². The Morgan fingerprint density at radius 3 is 2.22 bits per heavy atom. The molecule has 36 heavy (non-hydrogen) atoms. The molecule has 0 bridgehead atoms. The molecule has 0 fully saturated rings. The van der Waals surface area contributed by atoms with Crippen molar-refractivity contribution in [2.45, 2.75) is 78.9 Å². The fraction of sp³-hybridized carbons (Fsp3) is 0.500. The van der Waals surface area contributed by atoms with Gasteiger partial charge >= 0.3 is 0 Å². The van der Waals surface area contributed by atoms with Crippen LogP contribution < -0.4 is 9.62 Å². The molecule has 0 aliphatic rings. The fourth-order valence-corrected chi connectivity index (χ4v) is 5.14. The Morgan fingerprint density at radius 2 is 1.64 bits per heavy atom. The highest BCUT2D eigenvalue weighted by Gasteiger charge is 2.29. The summed E-state index contributed by atoms with van der Waals surface area (Å²) in [4.78, 5) is 28.2. The summed E-state index contributed by atoms with van der Waals surface area (Å²) in [7, 11) is -3.53. The summed E-state index contributed by atoms with van der Waals surface area (Å²) in [5.41, 5.74) is 3.47. The Bertz CT molecular complexity index is 1120. The molecule has 0 radical (unpaired) electrons. The number of carbonyl (C=O) groups is 2. The summed E-state index contributed by atoms with van der Waals surface area (Å²) in [6, 6.07) is 14.6. The van der Waals surface area contributed by atoms with E-state index in [9.17, 15) is 18.0 Å². The first-order valence-corrected chi connectivity index (χ1v) is 14.5. The minimum atomic E-state index is -3.53. The Hall–Kier alpha value is -2.87. The maximum absolute atomic E-state index is 13.5. The van der Waals surface area contributed by atoms with Gasteiger partial charge in [0.25, 0.3) is 0 Å². The average Bonchev–Trinajstić information content (AvgIpc) is 2.83. The van der Waals surface area contributed by atoms with Crippen molar-refractivity contribution in [1.82, 2.24) is 10.2 Å². The summed E-state index contributed by atoms with van der Waals surface area (Å²) in [5.74, 6) is -0.330. The number of carbonyl (C=O) groups excluding carboxylic acids is 2. The van der Waals surface area contributed by atoms with Gasteiger partial charge in [0.2, 0.25) is 21.8 Å². The topological polar surface area (TPSA) is 86.8 Å². The van der Waals surface area contributed by atoms with Crippen molar-refractivity contribution in [3.05, 3.63) is 65.2 Å². The zero-order valence-corrected chi connectivity index (χ0v) is 23.3. The number of sulfonamides is 1. The van der Waals surface area contributed by atoms with E-state index in [4.69, 9.17) is 0 Å². The fourth-order valence-electron chi connectivity index (χ4n) is 4.13. The van der Waals surface area contributed by atoms with E-state index >= 15 is 0 Å². The second kappa shape index (κ2) is 13.4. The number of amides is 2. The van der Waals surface area contributed by atoms with Crippen molar-refractivity contribution in [2.24, 2.45) is 0 Å². The average molecular weight is 516 g/mol. The smallest absolute Gasteiger partial charge is 0.243 e. The molecule has 0 aliphatic carbocycles. The van der Waals surface area contributed by atoms with Gasteiger partial charge < -0.3 is 10.2 Å². The van der Waals surface area contributed by atoms with Gasteiger partial charge in [0.15, 0.2) is 0 Å². The van der Waals surface area contributed by atoms with Gasteiger partial charge in [0.05, 0.1) is 11.9 Å². The maximum atomic E-state index is 13.5. The van der Waals surface area contributed by atoms with Crippen LogP contribution in [0.3, 0.4) is 0 Å². The van der Waals surface area contributed by atoms with Crippen molar-refractivity contribution in [2.75, 3.05) is 17.1 Å². The van der Waals surface area contributed by atoms with Crippen LogP contribution in [0.1, 0.15) is 63.1 Å². The zero-order valence-electron chi connectivity index (χ0n) is 22.5. The number of aryl methyl sites for hydroxylation is 1. The molecule has 0 aliphatic heterocycles. The van der Waals surface area contributed by atoms with Crippen LogP contribution in [0.25, 0.3) is 0 Å². The third-order valence-electron chi connectivity index (χ3n) is 6.58. The number of hydrogen-bond acceptors (Lipinski definition) is 4. The quantitative estimate of drug-likeness (QED) is 0.423. The minimum Gasteiger partial charge on any atom is -0.352 e. The van der Waals surface area contributed by atoms with E-state index in [2.05, 4.69) is 5.32 Å². The lowest BCUT2D eigenvalue weighted by molar-refractivity contribution is -0.141. The van der Waals surface area contributed by atoms with Gasteiger partial charge in [-0.05, 0) is 62.8 Å². The molecule has 0 aromatic heterocycles. The highest BCUT2D eigenvalue weighted by atomic mass is 32.2. The van der Waals surface area contributed by atoms with Gasteiger partial charge in [-0.1, -0.05) is 56.3 Å². The van der Waals surface area contributed by atoms with Crippen molar-refractivity contribution < 1.29 is 18.0 Å². The highest BCUT2D eigenvalue weighted by Crippen LogP contribution is 2.25. The summed E-state index contributed by atoms with van der Waals surface area (Å²) in [6.45, 7) is 10.2. The number of benzene rings is 2. The molecule has 0 spiro atoms. The molecule has 0 unspecified atom stereocenters. The largest absolute Gasteiger partial charge is 0.352 e. The van der Waals surface area contributed by atoms with Crippen molar-refractivity contribution in [3.63, 3.8) is 0 Å². The molecule has 2 aromatic carbocycles. The van der Waals surface area contributed by atoms with Crippen LogP contribution in [-0.4, -0.2) is 50.0 Å². The molecule has 2 rings (SSSR count). The van der Waals surface area contributed by atoms with Gasteiger partial charge in [0, 0.05) is 25.6 Å². The normalized spacial score (nSPS) is 13.1. The molecule has 8 heteroatoms. The van der Waals surface area contributed by atoms with Crippen LogP contribution in [0.5, 0.6) is 0 Å². The second-order valence-corrected chi connectivity index (χ2v) is 11.3. The zero-order chi connectivity index (χ0) is 26.9. The lowest BCUT2D eigenvalue weighted by atomic mass is 10.1. The van der Waals surface area contributed by atoms with Crippen LogP contribution in [0.15, 0.2) is 48.5 Å². The number of anilines is 1. The molecule has 0 heterocycles. The summed E-state index contributed by atoms with van der Waals surface area (Å²) in [6.07, 6.45) is 2.95. The molecule has 2 amide bonds. The van der Waals surface area contributed by atoms with Crippen LogP contribution in [0, 0.1) is 13.8 Å². The van der Waals surface area contributed by atoms with Crippen LogP contribution in [0.2, 0.25) is 0 Å². The van der Waals surface area contributed by atoms with E-state index in [0.717, 1.165) is 23.1 Å². The SMILES string of the molecule is CC[C@H](C(=O)N[C@@H](C)CC)N(Cc1ccccc1)C(=O)CCCN(c1cccc(C)c1C)S(C)(=O)=O. The summed E-state index contributed by atoms with van der Waals surface area (Å²) < 4.78 is 26.6. The lowest BCUT2D eigenvalue weighted by Crippen LogP contribution is -2.50. The molecular weight excluding hydrogens is 474 g/mol. The molecule has 198 valence electrons. The predicted octanol–water partition coefficient (Wildman–Crippen LogP) is 4.57. The third-order valence-corrected chi connectivity index (χ3v) is 7.76. The minimum absolute atomic E-state index is 0.0149. The van der Waals surface area contributed by atoms with Gasteiger partial charge in [-0.3, -0.25) is 13.9 Å². The Kier molecular flexibility index (Phi) is 11.0. The molecule has 0 saturated carbocycles. The molecule has 0 saturated heterocycles. The van der Waals surface area contributed by atoms with E-state index in [0.29, 0.717) is 25.1 Å². The van der Waals surface area contributed by atoms with Crippen LogP contribution >= 0.6 is 0 Å². The van der Waals surface area contributed by atoms with E-state index in [1.54, 1.807) is 11.0 Å². The van der Waals surface area contributed by atoms with Gasteiger partial charge in [-0.25, -0.2) is 8.42 Å². The standard InChI is InChI=1S/C28H41N3O4S/c1-7-22(4)29-28(33)25(8-2)30(20-24-15-10-9-11-16-24)27(32)18-13-19-31(36(6,34)35)26-17-12-14-21(3)23(26)5/h9-12,14-17,22,25H,7-8,13,18-20H2,1-6H3,(H,29,33)/t22-,25+/m0/s1. The number of hydrogen-bond donors (Lipinski definition) is 1. The van der Waals surface area contributed by atoms with E-state index in [1.807, 2.05) is 77.1 Å². The maximum Gasteiger partial charge on any atom is 0.243 e. The Balaban J connectivity index is 2.23. The molecule has 2 aromatic rings. The van der Waals surface area contributed by atoms with Crippen molar-refractivity contribution >= 4 is 27.5 Å².